The summed E-state index contributed by atoms with van der Waals surface area (Å²) in [6.07, 6.45) is 0. The van der Waals surface area contributed by atoms with Gasteiger partial charge < -0.3 is 8.80 Å². The monoisotopic (exact) mass is 504 g/mol. The molecule has 11 aromatic rings. The van der Waals surface area contributed by atoms with Crippen LogP contribution in [0.1, 0.15) is 0 Å². The molecule has 4 heterocycles. The molecule has 182 valence electrons. The molecule has 4 aromatic heterocycles. The Morgan fingerprint density at radius 2 is 0.600 bits per heavy atom. The fourth-order valence-electron chi connectivity index (χ4n) is 7.82. The van der Waals surface area contributed by atoms with E-state index in [2.05, 4.69) is 130 Å². The van der Waals surface area contributed by atoms with Crippen LogP contribution in [0, 0.1) is 0 Å². The minimum absolute atomic E-state index is 1.28. The molecule has 0 saturated heterocycles. The number of nitrogens with zero attached hydrogens (tertiary/aromatic N) is 2. The Morgan fingerprint density at radius 1 is 0.275 bits per heavy atom. The summed E-state index contributed by atoms with van der Waals surface area (Å²) in [5.74, 6) is 0. The molecule has 0 radical (unpaired) electrons. The summed E-state index contributed by atoms with van der Waals surface area (Å²) in [7, 11) is 0. The van der Waals surface area contributed by atoms with Crippen molar-refractivity contribution >= 4 is 97.7 Å². The van der Waals surface area contributed by atoms with Gasteiger partial charge in [-0.2, -0.15) is 0 Å². The first kappa shape index (κ1) is 19.7. The molecule has 0 N–H and O–H groups in total. The van der Waals surface area contributed by atoms with Crippen LogP contribution in [-0.4, -0.2) is 8.80 Å². The normalized spacial score (nSPS) is 13.0. The molecule has 0 fully saturated rings. The van der Waals surface area contributed by atoms with Gasteiger partial charge in [0.2, 0.25) is 0 Å². The Kier molecular flexibility index (Phi) is 3.17. The van der Waals surface area contributed by atoms with Crippen LogP contribution < -0.4 is 0 Å². The average Bonchev–Trinajstić information content (AvgIpc) is 3.71. The highest BCUT2D eigenvalue weighted by atomic mass is 14.9. The fourth-order valence-corrected chi connectivity index (χ4v) is 7.82. The zero-order valence-corrected chi connectivity index (χ0v) is 21.4. The van der Waals surface area contributed by atoms with E-state index in [-0.39, 0.29) is 0 Å². The van der Waals surface area contributed by atoms with Crippen molar-refractivity contribution in [1.82, 2.24) is 8.80 Å². The Morgan fingerprint density at radius 3 is 1.00 bits per heavy atom. The molecule has 0 aliphatic carbocycles. The predicted octanol–water partition coefficient (Wildman–Crippen LogP) is 10.3. The number of hydrogen-bond acceptors (Lipinski definition) is 0. The van der Waals surface area contributed by atoms with Crippen LogP contribution in [0.5, 0.6) is 0 Å². The van der Waals surface area contributed by atoms with Gasteiger partial charge in [0.15, 0.2) is 0 Å². The highest BCUT2D eigenvalue weighted by Crippen LogP contribution is 2.45. The van der Waals surface area contributed by atoms with E-state index in [1.165, 1.54) is 97.7 Å². The van der Waals surface area contributed by atoms with Gasteiger partial charge in [0, 0.05) is 43.1 Å². The van der Waals surface area contributed by atoms with Crippen molar-refractivity contribution in [3.05, 3.63) is 121 Å². The number of rotatable bonds is 0. The van der Waals surface area contributed by atoms with E-state index in [0.29, 0.717) is 0 Å². The number of fused-ring (bicyclic) bond motifs is 14. The molecule has 11 rings (SSSR count). The first-order valence-corrected chi connectivity index (χ1v) is 13.9. The molecular formula is C38H20N2. The van der Waals surface area contributed by atoms with Crippen molar-refractivity contribution in [2.45, 2.75) is 0 Å². The van der Waals surface area contributed by atoms with Crippen molar-refractivity contribution < 1.29 is 0 Å². The highest BCUT2D eigenvalue weighted by molar-refractivity contribution is 6.29. The lowest BCUT2D eigenvalue weighted by Crippen LogP contribution is -1.84. The topological polar surface area (TPSA) is 8.82 Å². The summed E-state index contributed by atoms with van der Waals surface area (Å²) in [6, 6.07) is 45.4. The molecule has 2 heteroatoms. The van der Waals surface area contributed by atoms with Gasteiger partial charge in [-0.25, -0.2) is 0 Å². The second-order valence-corrected chi connectivity index (χ2v) is 11.4. The Labute approximate surface area is 227 Å². The van der Waals surface area contributed by atoms with Gasteiger partial charge in [0.25, 0.3) is 0 Å². The molecule has 0 aliphatic rings. The van der Waals surface area contributed by atoms with Crippen molar-refractivity contribution in [3.8, 4) is 0 Å². The van der Waals surface area contributed by atoms with Crippen LogP contribution in [0.4, 0.5) is 0 Å². The second-order valence-electron chi connectivity index (χ2n) is 11.4. The molecule has 40 heavy (non-hydrogen) atoms. The van der Waals surface area contributed by atoms with Crippen molar-refractivity contribution in [1.29, 1.82) is 0 Å². The third-order valence-electron chi connectivity index (χ3n) is 9.49. The van der Waals surface area contributed by atoms with Gasteiger partial charge >= 0.3 is 0 Å². The second kappa shape index (κ2) is 6.44. The van der Waals surface area contributed by atoms with Crippen LogP contribution in [0.2, 0.25) is 0 Å². The summed E-state index contributed by atoms with van der Waals surface area (Å²) in [6.45, 7) is 0. The lowest BCUT2D eigenvalue weighted by Gasteiger charge is -2.04. The molecule has 0 bridgehead atoms. The Hall–Kier alpha value is -5.34. The van der Waals surface area contributed by atoms with Crippen LogP contribution >= 0.6 is 0 Å². The third kappa shape index (κ3) is 2.11. The first-order chi connectivity index (χ1) is 19.8. The van der Waals surface area contributed by atoms with E-state index in [1.54, 1.807) is 0 Å². The standard InChI is InChI=1S/C38H20N2/c1-3-9-23-17-33-29(15-21(23)7-1)25-11-5-13-27-31-20-36-32(19-35(31)39(33)37(25)27)28-14-6-12-26-30-16-22-8-2-4-10-24(22)18-34(30)40(36)38(26)28/h1-20H. The number of benzene rings is 7. The SMILES string of the molecule is c1ccc2cc3c(cc2c1)c1cccc2c4cc5c(cc4n3c12)c1cccc2c3cc4ccccc4cc3n5c21. The third-order valence-corrected chi connectivity index (χ3v) is 9.49. The van der Waals surface area contributed by atoms with Gasteiger partial charge in [0.05, 0.1) is 33.1 Å². The van der Waals surface area contributed by atoms with Gasteiger partial charge in [0.1, 0.15) is 0 Å². The number of aromatic nitrogens is 2. The molecule has 0 unspecified atom stereocenters. The molecule has 7 aromatic carbocycles. The van der Waals surface area contributed by atoms with Gasteiger partial charge in [-0.05, 0) is 57.9 Å². The number of para-hydroxylation sites is 2. The summed E-state index contributed by atoms with van der Waals surface area (Å²) in [5, 5.41) is 15.7. The summed E-state index contributed by atoms with van der Waals surface area (Å²) >= 11 is 0. The largest absolute Gasteiger partial charge is 0.308 e. The molecule has 0 amide bonds. The summed E-state index contributed by atoms with van der Waals surface area (Å²) < 4.78 is 5.03. The van der Waals surface area contributed by atoms with Crippen LogP contribution in [0.3, 0.4) is 0 Å². The van der Waals surface area contributed by atoms with E-state index >= 15 is 0 Å². The quantitative estimate of drug-likeness (QED) is 0.194. The Balaban J connectivity index is 1.39. The van der Waals surface area contributed by atoms with E-state index < -0.39 is 0 Å². The van der Waals surface area contributed by atoms with E-state index in [1.807, 2.05) is 0 Å². The van der Waals surface area contributed by atoms with Crippen LogP contribution in [-0.2, 0) is 0 Å². The maximum Gasteiger partial charge on any atom is 0.0620 e. The molecule has 0 aliphatic heterocycles. The van der Waals surface area contributed by atoms with Gasteiger partial charge in [-0.1, -0.05) is 84.9 Å². The van der Waals surface area contributed by atoms with Crippen molar-refractivity contribution in [3.63, 3.8) is 0 Å². The molecule has 0 saturated carbocycles. The molecule has 2 nitrogen and oxygen atoms in total. The minimum atomic E-state index is 1.28. The summed E-state index contributed by atoms with van der Waals surface area (Å²) in [5.41, 5.74) is 7.79. The van der Waals surface area contributed by atoms with E-state index in [0.717, 1.165) is 0 Å². The number of hydrogen-bond donors (Lipinski definition) is 0. The van der Waals surface area contributed by atoms with Crippen LogP contribution in [0.15, 0.2) is 121 Å². The maximum atomic E-state index is 2.52. The van der Waals surface area contributed by atoms with E-state index in [9.17, 15) is 0 Å². The Bertz CT molecular complexity index is 2660. The lowest BCUT2D eigenvalue weighted by molar-refractivity contribution is 1.37. The molecule has 0 atom stereocenters. The zero-order valence-electron chi connectivity index (χ0n) is 21.4. The highest BCUT2D eigenvalue weighted by Gasteiger charge is 2.22. The zero-order chi connectivity index (χ0) is 25.7. The van der Waals surface area contributed by atoms with Crippen LogP contribution in [0.25, 0.3) is 97.7 Å². The smallest absolute Gasteiger partial charge is 0.0620 e. The maximum absolute atomic E-state index is 2.52. The summed E-state index contributed by atoms with van der Waals surface area (Å²) in [4.78, 5) is 0. The first-order valence-electron chi connectivity index (χ1n) is 13.9. The van der Waals surface area contributed by atoms with Gasteiger partial charge in [-0.3, -0.25) is 0 Å². The fraction of sp³-hybridized carbons (Fsp3) is 0. The average molecular weight is 505 g/mol. The van der Waals surface area contributed by atoms with Gasteiger partial charge in [-0.15, -0.1) is 0 Å². The molecule has 0 spiro atoms. The van der Waals surface area contributed by atoms with Crippen molar-refractivity contribution in [2.75, 3.05) is 0 Å². The lowest BCUT2D eigenvalue weighted by atomic mass is 10.0. The minimum Gasteiger partial charge on any atom is -0.308 e. The van der Waals surface area contributed by atoms with E-state index in [4.69, 9.17) is 0 Å². The molecular weight excluding hydrogens is 484 g/mol. The predicted molar refractivity (Wildman–Crippen MR) is 171 cm³/mol. The van der Waals surface area contributed by atoms with Crippen molar-refractivity contribution in [2.24, 2.45) is 0 Å².